The first-order valence-electron chi connectivity index (χ1n) is 6.82. The van der Waals surface area contributed by atoms with Gasteiger partial charge in [-0.3, -0.25) is 10.2 Å². The lowest BCUT2D eigenvalue weighted by Crippen LogP contribution is -2.48. The van der Waals surface area contributed by atoms with Crippen LogP contribution in [0.1, 0.15) is 17.3 Å². The van der Waals surface area contributed by atoms with Crippen LogP contribution in [0.15, 0.2) is 29.2 Å². The summed E-state index contributed by atoms with van der Waals surface area (Å²) in [5.74, 6) is 4.56. The van der Waals surface area contributed by atoms with Gasteiger partial charge in [0.1, 0.15) is 0 Å². The quantitative estimate of drug-likeness (QED) is 0.449. The Kier molecular flexibility index (Phi) is 4.94. The second-order valence-corrected chi connectivity index (χ2v) is 6.78. The second-order valence-electron chi connectivity index (χ2n) is 4.84. The van der Waals surface area contributed by atoms with E-state index in [4.69, 9.17) is 5.84 Å². The number of sulfonamides is 1. The molecule has 116 valence electrons. The van der Waals surface area contributed by atoms with Crippen LogP contribution in [-0.4, -0.2) is 56.3 Å². The first-order chi connectivity index (χ1) is 9.98. The number of nitrogen functional groups attached to an aromatic ring is 1. The molecule has 1 amide bonds. The molecule has 0 radical (unpaired) electrons. The van der Waals surface area contributed by atoms with Gasteiger partial charge in [-0.05, 0) is 24.7 Å². The normalized spacial score (nSPS) is 17.6. The number of hydrazine groups is 1. The van der Waals surface area contributed by atoms with Gasteiger partial charge >= 0.3 is 0 Å². The Hall–Kier alpha value is -1.48. The van der Waals surface area contributed by atoms with Gasteiger partial charge in [0.15, 0.2) is 0 Å². The van der Waals surface area contributed by atoms with E-state index < -0.39 is 15.9 Å². The molecule has 3 N–H and O–H groups in total. The van der Waals surface area contributed by atoms with Crippen LogP contribution in [0, 0.1) is 0 Å². The second kappa shape index (κ2) is 6.52. The number of benzene rings is 1. The van der Waals surface area contributed by atoms with E-state index in [1.165, 1.54) is 22.5 Å². The number of rotatable bonds is 4. The van der Waals surface area contributed by atoms with Gasteiger partial charge in [0, 0.05) is 31.7 Å². The first-order valence-corrected chi connectivity index (χ1v) is 8.26. The van der Waals surface area contributed by atoms with E-state index in [9.17, 15) is 13.2 Å². The Balaban J connectivity index is 2.22. The van der Waals surface area contributed by atoms with E-state index in [0.29, 0.717) is 13.1 Å². The highest BCUT2D eigenvalue weighted by Crippen LogP contribution is 2.18. The maximum absolute atomic E-state index is 12.6. The SMILES string of the molecule is CCN1CCN(S(=O)(=O)c2cccc(C(=O)NN)c2)CC1. The van der Waals surface area contributed by atoms with E-state index >= 15 is 0 Å². The summed E-state index contributed by atoms with van der Waals surface area (Å²) < 4.78 is 26.6. The van der Waals surface area contributed by atoms with Crippen LogP contribution in [0.2, 0.25) is 0 Å². The molecule has 0 aliphatic carbocycles. The number of carbonyl (C=O) groups excluding carboxylic acids is 1. The molecule has 0 spiro atoms. The molecular weight excluding hydrogens is 292 g/mol. The van der Waals surface area contributed by atoms with Gasteiger partial charge in [0.25, 0.3) is 5.91 Å². The third kappa shape index (κ3) is 3.41. The maximum atomic E-state index is 12.6. The van der Waals surface area contributed by atoms with Crippen molar-refractivity contribution >= 4 is 15.9 Å². The molecule has 0 atom stereocenters. The third-order valence-electron chi connectivity index (χ3n) is 3.64. The van der Waals surface area contributed by atoms with Gasteiger partial charge in [0.2, 0.25) is 10.0 Å². The highest BCUT2D eigenvalue weighted by Gasteiger charge is 2.28. The van der Waals surface area contributed by atoms with Gasteiger partial charge in [0.05, 0.1) is 4.90 Å². The van der Waals surface area contributed by atoms with Gasteiger partial charge < -0.3 is 4.90 Å². The number of nitrogens with two attached hydrogens (primary N) is 1. The van der Waals surface area contributed by atoms with Crippen LogP contribution in [0.4, 0.5) is 0 Å². The average molecular weight is 312 g/mol. The lowest BCUT2D eigenvalue weighted by atomic mass is 10.2. The van der Waals surface area contributed by atoms with Crippen molar-refractivity contribution in [2.45, 2.75) is 11.8 Å². The standard InChI is InChI=1S/C13H20N4O3S/c1-2-16-6-8-17(9-7-16)21(19,20)12-5-3-4-11(10-12)13(18)15-14/h3-5,10H,2,6-9,14H2,1H3,(H,15,18). The van der Waals surface area contributed by atoms with Crippen molar-refractivity contribution in [3.8, 4) is 0 Å². The van der Waals surface area contributed by atoms with Crippen LogP contribution in [0.25, 0.3) is 0 Å². The average Bonchev–Trinajstić information content (AvgIpc) is 2.54. The van der Waals surface area contributed by atoms with Gasteiger partial charge in [-0.2, -0.15) is 4.31 Å². The predicted molar refractivity (Wildman–Crippen MR) is 79.0 cm³/mol. The van der Waals surface area contributed by atoms with Gasteiger partial charge in [-0.25, -0.2) is 14.3 Å². The Morgan fingerprint density at radius 3 is 2.52 bits per heavy atom. The van der Waals surface area contributed by atoms with Crippen molar-refractivity contribution < 1.29 is 13.2 Å². The summed E-state index contributed by atoms with van der Waals surface area (Å²) in [7, 11) is -3.57. The minimum Gasteiger partial charge on any atom is -0.301 e. The summed E-state index contributed by atoms with van der Waals surface area (Å²) in [5, 5.41) is 0. The van der Waals surface area contributed by atoms with E-state index in [2.05, 4.69) is 11.8 Å². The summed E-state index contributed by atoms with van der Waals surface area (Å²) in [6, 6.07) is 5.91. The Bertz CT molecular complexity index is 610. The number of piperazine rings is 1. The van der Waals surface area contributed by atoms with Crippen molar-refractivity contribution in [3.05, 3.63) is 29.8 Å². The molecule has 0 bridgehead atoms. The minimum absolute atomic E-state index is 0.119. The molecule has 1 saturated heterocycles. The lowest BCUT2D eigenvalue weighted by Gasteiger charge is -2.33. The smallest absolute Gasteiger partial charge is 0.265 e. The van der Waals surface area contributed by atoms with Crippen LogP contribution < -0.4 is 11.3 Å². The largest absolute Gasteiger partial charge is 0.301 e. The molecule has 2 rings (SSSR count). The fraction of sp³-hybridized carbons (Fsp3) is 0.462. The number of nitrogens with zero attached hydrogens (tertiary/aromatic N) is 2. The van der Waals surface area contributed by atoms with Crippen molar-refractivity contribution in [1.29, 1.82) is 0 Å². The van der Waals surface area contributed by atoms with Crippen LogP contribution >= 0.6 is 0 Å². The highest BCUT2D eigenvalue weighted by molar-refractivity contribution is 7.89. The zero-order valence-corrected chi connectivity index (χ0v) is 12.8. The predicted octanol–water partition coefficient (Wildman–Crippen LogP) is -0.384. The number of amides is 1. The maximum Gasteiger partial charge on any atom is 0.265 e. The zero-order chi connectivity index (χ0) is 15.5. The summed E-state index contributed by atoms with van der Waals surface area (Å²) in [6.45, 7) is 5.34. The monoisotopic (exact) mass is 312 g/mol. The van der Waals surface area contributed by atoms with E-state index in [1.807, 2.05) is 5.43 Å². The minimum atomic E-state index is -3.57. The number of hydrogen-bond acceptors (Lipinski definition) is 5. The number of likely N-dealkylation sites (N-methyl/N-ethyl adjacent to an activating group) is 1. The van der Waals surface area contributed by atoms with E-state index in [1.54, 1.807) is 6.07 Å². The molecule has 1 heterocycles. The van der Waals surface area contributed by atoms with Gasteiger partial charge in [-0.15, -0.1) is 0 Å². The lowest BCUT2D eigenvalue weighted by molar-refractivity contribution is 0.0953. The van der Waals surface area contributed by atoms with E-state index in [-0.39, 0.29) is 10.5 Å². The molecule has 7 nitrogen and oxygen atoms in total. The van der Waals surface area contributed by atoms with Crippen molar-refractivity contribution in [3.63, 3.8) is 0 Å². The molecule has 0 unspecified atom stereocenters. The zero-order valence-electron chi connectivity index (χ0n) is 11.9. The molecule has 0 saturated carbocycles. The fourth-order valence-electron chi connectivity index (χ4n) is 2.32. The molecule has 1 fully saturated rings. The molecule has 1 aliphatic heterocycles. The van der Waals surface area contributed by atoms with Crippen LogP contribution in [-0.2, 0) is 10.0 Å². The van der Waals surface area contributed by atoms with Gasteiger partial charge in [-0.1, -0.05) is 13.0 Å². The Labute approximate surface area is 124 Å². The Morgan fingerprint density at radius 2 is 1.95 bits per heavy atom. The highest BCUT2D eigenvalue weighted by atomic mass is 32.2. The van der Waals surface area contributed by atoms with Crippen LogP contribution in [0.3, 0.4) is 0 Å². The fourth-order valence-corrected chi connectivity index (χ4v) is 3.78. The topological polar surface area (TPSA) is 95.7 Å². The Morgan fingerprint density at radius 1 is 1.29 bits per heavy atom. The summed E-state index contributed by atoms with van der Waals surface area (Å²) in [4.78, 5) is 13.8. The van der Waals surface area contributed by atoms with Crippen LogP contribution in [0.5, 0.6) is 0 Å². The molecule has 8 heteroatoms. The van der Waals surface area contributed by atoms with Crippen molar-refractivity contribution in [2.75, 3.05) is 32.7 Å². The molecule has 1 aromatic carbocycles. The van der Waals surface area contributed by atoms with E-state index in [0.717, 1.165) is 19.6 Å². The molecule has 21 heavy (non-hydrogen) atoms. The van der Waals surface area contributed by atoms with Crippen molar-refractivity contribution in [1.82, 2.24) is 14.6 Å². The van der Waals surface area contributed by atoms with Crippen molar-refractivity contribution in [2.24, 2.45) is 5.84 Å². The molecule has 0 aromatic heterocycles. The third-order valence-corrected chi connectivity index (χ3v) is 5.54. The summed E-state index contributed by atoms with van der Waals surface area (Å²) >= 11 is 0. The molecule has 1 aromatic rings. The number of hydrogen-bond donors (Lipinski definition) is 2. The number of nitrogens with one attached hydrogen (secondary N) is 1. The summed E-state index contributed by atoms with van der Waals surface area (Å²) in [6.07, 6.45) is 0. The molecular formula is C13H20N4O3S. The number of carbonyl (C=O) groups is 1. The molecule has 1 aliphatic rings. The summed E-state index contributed by atoms with van der Waals surface area (Å²) in [5.41, 5.74) is 2.23. The first kappa shape index (κ1) is 15.9.